The first-order chi connectivity index (χ1) is 9.60. The highest BCUT2D eigenvalue weighted by Crippen LogP contribution is 2.11. The fourth-order valence-electron chi connectivity index (χ4n) is 1.71. The largest absolute Gasteiger partial charge is 0.369 e. The summed E-state index contributed by atoms with van der Waals surface area (Å²) < 4.78 is 0. The van der Waals surface area contributed by atoms with Crippen molar-refractivity contribution in [3.63, 3.8) is 0 Å². The third kappa shape index (κ3) is 3.51. The zero-order chi connectivity index (χ0) is 14.5. The molecule has 0 fully saturated rings. The van der Waals surface area contributed by atoms with Crippen LogP contribution in [0.15, 0.2) is 17.5 Å². The molecule has 0 radical (unpaired) electrons. The molecule has 1 N–H and O–H groups in total. The lowest BCUT2D eigenvalue weighted by atomic mass is 10.3. The Morgan fingerprint density at radius 1 is 1.40 bits per heavy atom. The molecule has 0 saturated carbocycles. The Labute approximate surface area is 121 Å². The molecule has 0 bridgehead atoms. The molecule has 2 rings (SSSR count). The van der Waals surface area contributed by atoms with Gasteiger partial charge in [-0.05, 0) is 26.0 Å². The van der Waals surface area contributed by atoms with Crippen LogP contribution >= 0.6 is 11.3 Å². The van der Waals surface area contributed by atoms with E-state index >= 15 is 0 Å². The lowest BCUT2D eigenvalue weighted by Crippen LogP contribution is -2.27. The Morgan fingerprint density at radius 3 is 2.75 bits per heavy atom. The van der Waals surface area contributed by atoms with Gasteiger partial charge in [-0.2, -0.15) is 0 Å². The van der Waals surface area contributed by atoms with Gasteiger partial charge in [0.05, 0.1) is 17.2 Å². The van der Waals surface area contributed by atoms with E-state index in [-0.39, 0.29) is 5.91 Å². The van der Waals surface area contributed by atoms with Gasteiger partial charge in [0.1, 0.15) is 5.82 Å². The van der Waals surface area contributed by atoms with Crippen LogP contribution < -0.4 is 5.32 Å². The SMILES string of the molecule is CCNc1ccc(C(=O)N(C)Cc2csc(C)n2)nn1. The van der Waals surface area contributed by atoms with E-state index < -0.39 is 0 Å². The third-order valence-electron chi connectivity index (χ3n) is 2.65. The Balaban J connectivity index is 2.02. The van der Waals surface area contributed by atoms with Crippen LogP contribution in [0, 0.1) is 6.92 Å². The number of anilines is 1. The minimum Gasteiger partial charge on any atom is -0.369 e. The van der Waals surface area contributed by atoms with Crippen LogP contribution in [0.2, 0.25) is 0 Å². The molecule has 7 heteroatoms. The zero-order valence-electron chi connectivity index (χ0n) is 11.8. The van der Waals surface area contributed by atoms with Gasteiger partial charge in [0.25, 0.3) is 5.91 Å². The van der Waals surface area contributed by atoms with Crippen molar-refractivity contribution in [1.82, 2.24) is 20.1 Å². The van der Waals surface area contributed by atoms with Crippen molar-refractivity contribution in [2.45, 2.75) is 20.4 Å². The fourth-order valence-corrected chi connectivity index (χ4v) is 2.32. The standard InChI is InChI=1S/C13H17N5OS/c1-4-14-12-6-5-11(16-17-12)13(19)18(3)7-10-8-20-9(2)15-10/h5-6,8H,4,7H2,1-3H3,(H,14,17). The molecule has 0 saturated heterocycles. The maximum absolute atomic E-state index is 12.2. The quantitative estimate of drug-likeness (QED) is 0.911. The zero-order valence-corrected chi connectivity index (χ0v) is 12.6. The average Bonchev–Trinajstić information content (AvgIpc) is 2.84. The summed E-state index contributed by atoms with van der Waals surface area (Å²) in [5, 5.41) is 13.9. The summed E-state index contributed by atoms with van der Waals surface area (Å²) in [6.45, 7) is 5.16. The second-order valence-electron chi connectivity index (χ2n) is 4.35. The van der Waals surface area contributed by atoms with E-state index in [0.717, 1.165) is 17.2 Å². The number of carbonyl (C=O) groups excluding carboxylic acids is 1. The van der Waals surface area contributed by atoms with Crippen LogP contribution in [0.3, 0.4) is 0 Å². The second kappa shape index (κ2) is 6.42. The van der Waals surface area contributed by atoms with Crippen molar-refractivity contribution in [3.05, 3.63) is 33.9 Å². The number of aryl methyl sites for hydroxylation is 1. The smallest absolute Gasteiger partial charge is 0.274 e. The lowest BCUT2D eigenvalue weighted by Gasteiger charge is -2.15. The Bertz CT molecular complexity index is 581. The molecule has 0 unspecified atom stereocenters. The average molecular weight is 291 g/mol. The van der Waals surface area contributed by atoms with Crippen LogP contribution in [0.5, 0.6) is 0 Å². The van der Waals surface area contributed by atoms with Gasteiger partial charge in [-0.15, -0.1) is 21.5 Å². The molecule has 0 aromatic carbocycles. The molecule has 20 heavy (non-hydrogen) atoms. The van der Waals surface area contributed by atoms with E-state index in [9.17, 15) is 4.79 Å². The molecular weight excluding hydrogens is 274 g/mol. The molecule has 0 spiro atoms. The van der Waals surface area contributed by atoms with Crippen LogP contribution in [-0.4, -0.2) is 39.6 Å². The van der Waals surface area contributed by atoms with E-state index in [1.54, 1.807) is 35.4 Å². The molecule has 2 heterocycles. The van der Waals surface area contributed by atoms with Crippen LogP contribution in [-0.2, 0) is 6.54 Å². The molecule has 106 valence electrons. The molecular formula is C13H17N5OS. The summed E-state index contributed by atoms with van der Waals surface area (Å²) >= 11 is 1.58. The van der Waals surface area contributed by atoms with Gasteiger partial charge in [-0.25, -0.2) is 4.98 Å². The number of hydrogen-bond acceptors (Lipinski definition) is 6. The normalized spacial score (nSPS) is 10.3. The number of aromatic nitrogens is 3. The summed E-state index contributed by atoms with van der Waals surface area (Å²) in [4.78, 5) is 18.1. The number of carbonyl (C=O) groups is 1. The van der Waals surface area contributed by atoms with E-state index in [0.29, 0.717) is 18.1 Å². The van der Waals surface area contributed by atoms with Crippen LogP contribution in [0.1, 0.15) is 28.1 Å². The van der Waals surface area contributed by atoms with Crippen LogP contribution in [0.4, 0.5) is 5.82 Å². The third-order valence-corrected chi connectivity index (χ3v) is 3.48. The summed E-state index contributed by atoms with van der Waals surface area (Å²) in [6, 6.07) is 3.43. The van der Waals surface area contributed by atoms with E-state index in [4.69, 9.17) is 0 Å². The first-order valence-electron chi connectivity index (χ1n) is 6.34. The summed E-state index contributed by atoms with van der Waals surface area (Å²) in [6.07, 6.45) is 0. The number of nitrogens with zero attached hydrogens (tertiary/aromatic N) is 4. The second-order valence-corrected chi connectivity index (χ2v) is 5.42. The van der Waals surface area contributed by atoms with Gasteiger partial charge < -0.3 is 10.2 Å². The minimum absolute atomic E-state index is 0.161. The van der Waals surface area contributed by atoms with E-state index in [1.165, 1.54) is 0 Å². The van der Waals surface area contributed by atoms with Crippen molar-refractivity contribution >= 4 is 23.1 Å². The molecule has 0 aliphatic heterocycles. The molecule has 0 atom stereocenters. The van der Waals surface area contributed by atoms with Gasteiger partial charge in [-0.1, -0.05) is 0 Å². The highest BCUT2D eigenvalue weighted by Gasteiger charge is 2.15. The van der Waals surface area contributed by atoms with Gasteiger partial charge >= 0.3 is 0 Å². The monoisotopic (exact) mass is 291 g/mol. The van der Waals surface area contributed by atoms with Crippen molar-refractivity contribution < 1.29 is 4.79 Å². The minimum atomic E-state index is -0.161. The van der Waals surface area contributed by atoms with E-state index in [1.807, 2.05) is 19.2 Å². The highest BCUT2D eigenvalue weighted by molar-refractivity contribution is 7.09. The number of rotatable bonds is 5. The first kappa shape index (κ1) is 14.4. The van der Waals surface area contributed by atoms with Crippen molar-refractivity contribution in [2.24, 2.45) is 0 Å². The Morgan fingerprint density at radius 2 is 2.20 bits per heavy atom. The molecule has 0 aliphatic rings. The summed E-state index contributed by atoms with van der Waals surface area (Å²) in [5.41, 5.74) is 1.22. The Kier molecular flexibility index (Phi) is 4.62. The number of hydrogen-bond donors (Lipinski definition) is 1. The van der Waals surface area contributed by atoms with Crippen molar-refractivity contribution in [3.8, 4) is 0 Å². The molecule has 0 aliphatic carbocycles. The topological polar surface area (TPSA) is 71.0 Å². The van der Waals surface area contributed by atoms with Gasteiger partial charge in [0.2, 0.25) is 0 Å². The van der Waals surface area contributed by atoms with Crippen molar-refractivity contribution in [2.75, 3.05) is 18.9 Å². The van der Waals surface area contributed by atoms with Gasteiger partial charge in [0, 0.05) is 19.0 Å². The summed E-state index contributed by atoms with van der Waals surface area (Å²) in [7, 11) is 1.73. The number of nitrogens with one attached hydrogen (secondary N) is 1. The Hall–Kier alpha value is -2.02. The summed E-state index contributed by atoms with van der Waals surface area (Å²) in [5.74, 6) is 0.507. The molecule has 2 aromatic rings. The maximum atomic E-state index is 12.2. The fraction of sp³-hybridized carbons (Fsp3) is 0.385. The maximum Gasteiger partial charge on any atom is 0.274 e. The molecule has 2 aromatic heterocycles. The first-order valence-corrected chi connectivity index (χ1v) is 7.22. The molecule has 6 nitrogen and oxygen atoms in total. The van der Waals surface area contributed by atoms with Gasteiger partial charge in [0.15, 0.2) is 5.69 Å². The van der Waals surface area contributed by atoms with Crippen LogP contribution in [0.25, 0.3) is 0 Å². The van der Waals surface area contributed by atoms with Gasteiger partial charge in [-0.3, -0.25) is 4.79 Å². The van der Waals surface area contributed by atoms with Crippen molar-refractivity contribution in [1.29, 1.82) is 0 Å². The predicted octanol–water partition coefficient (Wildman–Crippen LogP) is 1.95. The lowest BCUT2D eigenvalue weighted by molar-refractivity contribution is 0.0776. The predicted molar refractivity (Wildman–Crippen MR) is 78.8 cm³/mol. The number of amides is 1. The van der Waals surface area contributed by atoms with E-state index in [2.05, 4.69) is 20.5 Å². The highest BCUT2D eigenvalue weighted by atomic mass is 32.1. The number of thiazole rings is 1. The molecule has 1 amide bonds.